The predicted octanol–water partition coefficient (Wildman–Crippen LogP) is 4.22. The standard InChI is InChI=1S/C19H26FNO3/c1-12-7-8-14(9-13(12)2)16(22)19(6)10-15(20)11-21(19)17(23)24-18(3,4)5/h7-9,15H,10-11H2,1-6H3. The van der Waals surface area contributed by atoms with Crippen LogP contribution < -0.4 is 0 Å². The number of nitrogens with zero attached hydrogens (tertiary/aromatic N) is 1. The third-order valence-corrected chi connectivity index (χ3v) is 4.47. The third-order valence-electron chi connectivity index (χ3n) is 4.47. The van der Waals surface area contributed by atoms with Gasteiger partial charge in [-0.2, -0.15) is 0 Å². The summed E-state index contributed by atoms with van der Waals surface area (Å²) in [6.45, 7) is 10.6. The molecule has 0 saturated carbocycles. The molecule has 5 heteroatoms. The number of hydrogen-bond donors (Lipinski definition) is 0. The van der Waals surface area contributed by atoms with Gasteiger partial charge in [-0.25, -0.2) is 9.18 Å². The number of halogens is 1. The molecule has 1 aromatic rings. The molecule has 1 heterocycles. The maximum absolute atomic E-state index is 14.1. The van der Waals surface area contributed by atoms with Crippen molar-refractivity contribution >= 4 is 11.9 Å². The molecule has 132 valence electrons. The van der Waals surface area contributed by atoms with Crippen LogP contribution >= 0.6 is 0 Å². The maximum Gasteiger partial charge on any atom is 0.411 e. The number of hydrogen-bond acceptors (Lipinski definition) is 3. The number of amides is 1. The van der Waals surface area contributed by atoms with Crippen LogP contribution in [-0.4, -0.2) is 40.6 Å². The van der Waals surface area contributed by atoms with Crippen LogP contribution in [0.2, 0.25) is 0 Å². The second-order valence-electron chi connectivity index (χ2n) is 7.79. The molecule has 1 saturated heterocycles. The van der Waals surface area contributed by atoms with E-state index in [1.54, 1.807) is 39.8 Å². The van der Waals surface area contributed by atoms with Crippen LogP contribution in [0.15, 0.2) is 18.2 Å². The smallest absolute Gasteiger partial charge is 0.411 e. The van der Waals surface area contributed by atoms with Gasteiger partial charge in [0.25, 0.3) is 0 Å². The van der Waals surface area contributed by atoms with Gasteiger partial charge in [-0.1, -0.05) is 12.1 Å². The second-order valence-corrected chi connectivity index (χ2v) is 7.79. The number of benzene rings is 1. The first-order valence-electron chi connectivity index (χ1n) is 8.21. The van der Waals surface area contributed by atoms with Crippen molar-refractivity contribution in [3.63, 3.8) is 0 Å². The number of likely N-dealkylation sites (tertiary alicyclic amines) is 1. The number of ether oxygens (including phenoxy) is 1. The Hall–Kier alpha value is -1.91. The summed E-state index contributed by atoms with van der Waals surface area (Å²) in [5.41, 5.74) is 0.626. The summed E-state index contributed by atoms with van der Waals surface area (Å²) in [6, 6.07) is 5.39. The summed E-state index contributed by atoms with van der Waals surface area (Å²) in [5.74, 6) is -0.253. The van der Waals surface area contributed by atoms with Crippen molar-refractivity contribution in [3.05, 3.63) is 34.9 Å². The lowest BCUT2D eigenvalue weighted by atomic mass is 9.87. The Balaban J connectivity index is 2.34. The first kappa shape index (κ1) is 18.4. The van der Waals surface area contributed by atoms with E-state index in [1.807, 2.05) is 19.9 Å². The zero-order valence-electron chi connectivity index (χ0n) is 15.3. The molecule has 0 aliphatic carbocycles. The van der Waals surface area contributed by atoms with Crippen LogP contribution in [0.25, 0.3) is 0 Å². The summed E-state index contributed by atoms with van der Waals surface area (Å²) < 4.78 is 19.4. The van der Waals surface area contributed by atoms with Crippen molar-refractivity contribution < 1.29 is 18.7 Å². The zero-order chi connectivity index (χ0) is 18.3. The molecule has 1 amide bonds. The van der Waals surface area contributed by atoms with E-state index in [0.717, 1.165) is 11.1 Å². The van der Waals surface area contributed by atoms with E-state index in [0.29, 0.717) is 5.56 Å². The van der Waals surface area contributed by atoms with Crippen LogP contribution in [0.4, 0.5) is 9.18 Å². The van der Waals surface area contributed by atoms with Gasteiger partial charge >= 0.3 is 6.09 Å². The lowest BCUT2D eigenvalue weighted by molar-refractivity contribution is 0.0110. The van der Waals surface area contributed by atoms with Crippen molar-refractivity contribution in [1.29, 1.82) is 0 Å². The van der Waals surface area contributed by atoms with Crippen LogP contribution in [0.1, 0.15) is 55.6 Å². The van der Waals surface area contributed by atoms with Gasteiger partial charge in [0.1, 0.15) is 17.3 Å². The van der Waals surface area contributed by atoms with Crippen LogP contribution in [0, 0.1) is 13.8 Å². The van der Waals surface area contributed by atoms with Crippen LogP contribution in [0.5, 0.6) is 0 Å². The van der Waals surface area contributed by atoms with Gasteiger partial charge in [-0.05, 0) is 58.7 Å². The van der Waals surface area contributed by atoms with E-state index in [2.05, 4.69) is 0 Å². The van der Waals surface area contributed by atoms with E-state index in [1.165, 1.54) is 4.90 Å². The topological polar surface area (TPSA) is 46.6 Å². The van der Waals surface area contributed by atoms with Crippen molar-refractivity contribution in [1.82, 2.24) is 4.90 Å². The minimum Gasteiger partial charge on any atom is -0.444 e. The zero-order valence-corrected chi connectivity index (χ0v) is 15.3. The lowest BCUT2D eigenvalue weighted by Gasteiger charge is -2.34. The molecule has 1 aliphatic rings. The number of carbonyl (C=O) groups is 2. The number of Topliss-reactive ketones (excluding diaryl/α,β-unsaturated/α-hetero) is 1. The molecule has 0 N–H and O–H groups in total. The normalized spacial score (nSPS) is 24.1. The monoisotopic (exact) mass is 335 g/mol. The molecule has 2 atom stereocenters. The minimum absolute atomic E-state index is 0.0159. The van der Waals surface area contributed by atoms with Crippen molar-refractivity contribution in [3.8, 4) is 0 Å². The van der Waals surface area contributed by atoms with E-state index < -0.39 is 23.4 Å². The molecule has 1 aromatic carbocycles. The number of aryl methyl sites for hydroxylation is 2. The van der Waals surface area contributed by atoms with Gasteiger partial charge < -0.3 is 4.74 Å². The fourth-order valence-corrected chi connectivity index (χ4v) is 3.01. The molecule has 4 nitrogen and oxygen atoms in total. The molecule has 2 unspecified atom stereocenters. The van der Waals surface area contributed by atoms with Gasteiger partial charge in [0, 0.05) is 12.0 Å². The Morgan fingerprint density at radius 1 is 1.25 bits per heavy atom. The first-order valence-corrected chi connectivity index (χ1v) is 8.21. The molecular weight excluding hydrogens is 309 g/mol. The summed E-state index contributed by atoms with van der Waals surface area (Å²) in [5, 5.41) is 0. The minimum atomic E-state index is -1.24. The third kappa shape index (κ3) is 3.60. The molecule has 24 heavy (non-hydrogen) atoms. The molecule has 0 bridgehead atoms. The number of rotatable bonds is 2. The Labute approximate surface area is 143 Å². The molecule has 1 fully saturated rings. The maximum atomic E-state index is 14.1. The quantitative estimate of drug-likeness (QED) is 0.760. The molecule has 1 aliphatic heterocycles. The number of carbonyl (C=O) groups excluding carboxylic acids is 2. The highest BCUT2D eigenvalue weighted by molar-refractivity contribution is 6.05. The number of ketones is 1. The predicted molar refractivity (Wildman–Crippen MR) is 91.1 cm³/mol. The van der Waals surface area contributed by atoms with Gasteiger partial charge in [0.15, 0.2) is 5.78 Å². The van der Waals surface area contributed by atoms with Crippen molar-refractivity contribution in [2.24, 2.45) is 0 Å². The highest BCUT2D eigenvalue weighted by atomic mass is 19.1. The van der Waals surface area contributed by atoms with Crippen molar-refractivity contribution in [2.45, 2.75) is 65.3 Å². The number of alkyl halides is 1. The summed E-state index contributed by atoms with van der Waals surface area (Å²) in [7, 11) is 0. The molecule has 0 spiro atoms. The highest BCUT2D eigenvalue weighted by Gasteiger charge is 2.51. The largest absolute Gasteiger partial charge is 0.444 e. The Morgan fingerprint density at radius 3 is 2.42 bits per heavy atom. The van der Waals surface area contributed by atoms with E-state index in [4.69, 9.17) is 4.74 Å². The summed E-state index contributed by atoms with van der Waals surface area (Å²) in [6.07, 6.45) is -1.90. The van der Waals surface area contributed by atoms with Gasteiger partial charge in [0.2, 0.25) is 0 Å². The summed E-state index contributed by atoms with van der Waals surface area (Å²) >= 11 is 0. The van der Waals surface area contributed by atoms with Gasteiger partial charge in [-0.15, -0.1) is 0 Å². The molecule has 0 radical (unpaired) electrons. The second kappa shape index (κ2) is 6.19. The molecular formula is C19H26FNO3. The van der Waals surface area contributed by atoms with E-state index in [9.17, 15) is 14.0 Å². The average Bonchev–Trinajstić information content (AvgIpc) is 2.75. The summed E-state index contributed by atoms with van der Waals surface area (Å²) in [4.78, 5) is 26.7. The van der Waals surface area contributed by atoms with Crippen molar-refractivity contribution in [2.75, 3.05) is 6.54 Å². The molecule has 2 rings (SSSR count). The highest BCUT2D eigenvalue weighted by Crippen LogP contribution is 2.35. The fraction of sp³-hybridized carbons (Fsp3) is 0.579. The van der Waals surface area contributed by atoms with Gasteiger partial charge in [-0.3, -0.25) is 9.69 Å². The SMILES string of the molecule is Cc1ccc(C(=O)C2(C)CC(F)CN2C(=O)OC(C)(C)C)cc1C. The van der Waals surface area contributed by atoms with E-state index in [-0.39, 0.29) is 18.7 Å². The molecule has 0 aromatic heterocycles. The average molecular weight is 335 g/mol. The Bertz CT molecular complexity index is 665. The lowest BCUT2D eigenvalue weighted by Crippen LogP contribution is -2.52. The Kier molecular flexibility index (Phi) is 4.75. The Morgan fingerprint density at radius 2 is 1.88 bits per heavy atom. The van der Waals surface area contributed by atoms with Crippen LogP contribution in [0.3, 0.4) is 0 Å². The fourth-order valence-electron chi connectivity index (χ4n) is 3.01. The van der Waals surface area contributed by atoms with Crippen LogP contribution in [-0.2, 0) is 4.74 Å². The van der Waals surface area contributed by atoms with Gasteiger partial charge in [0.05, 0.1) is 6.54 Å². The van der Waals surface area contributed by atoms with E-state index >= 15 is 0 Å². The first-order chi connectivity index (χ1) is 10.9.